The van der Waals surface area contributed by atoms with Gasteiger partial charge >= 0.3 is 0 Å². The minimum Gasteiger partial charge on any atom is -0.451 e. The number of nitrogens with one attached hydrogen (secondary N) is 2. The molecule has 0 saturated carbocycles. The Bertz CT molecular complexity index is 1340. The molecule has 0 atom stereocenters. The maximum atomic E-state index is 12.4. The summed E-state index contributed by atoms with van der Waals surface area (Å²) in [4.78, 5) is 24.8. The summed E-state index contributed by atoms with van der Waals surface area (Å²) in [6.07, 6.45) is 0.100. The first-order chi connectivity index (χ1) is 15.9. The van der Waals surface area contributed by atoms with E-state index < -0.39 is 9.84 Å². The minimum atomic E-state index is -3.44. The lowest BCUT2D eigenvalue weighted by molar-refractivity contribution is -0.120. The summed E-state index contributed by atoms with van der Waals surface area (Å²) in [5.74, 6) is -0.603. The smallest absolute Gasteiger partial charge is 0.291 e. The highest BCUT2D eigenvalue weighted by Gasteiger charge is 2.15. The van der Waals surface area contributed by atoms with Crippen molar-refractivity contribution in [2.45, 2.75) is 11.3 Å². The van der Waals surface area contributed by atoms with Gasteiger partial charge in [-0.15, -0.1) is 0 Å². The fraction of sp³-hybridized carbons (Fsp3) is 0.120. The molecule has 0 fully saturated rings. The number of rotatable bonds is 8. The summed E-state index contributed by atoms with van der Waals surface area (Å²) in [6, 6.07) is 24.0. The van der Waals surface area contributed by atoms with Crippen LogP contribution in [0.25, 0.3) is 11.0 Å². The lowest BCUT2D eigenvalue weighted by Gasteiger charge is -2.08. The third-order valence-electron chi connectivity index (χ3n) is 5.02. The molecule has 0 saturated heterocycles. The van der Waals surface area contributed by atoms with E-state index in [4.69, 9.17) is 4.42 Å². The molecule has 33 heavy (non-hydrogen) atoms. The van der Waals surface area contributed by atoms with Crippen LogP contribution >= 0.6 is 0 Å². The van der Waals surface area contributed by atoms with Gasteiger partial charge < -0.3 is 15.1 Å². The van der Waals surface area contributed by atoms with E-state index in [1.807, 2.05) is 18.2 Å². The Morgan fingerprint density at radius 2 is 1.55 bits per heavy atom. The van der Waals surface area contributed by atoms with Gasteiger partial charge in [-0.1, -0.05) is 48.5 Å². The Morgan fingerprint density at radius 3 is 2.27 bits per heavy atom. The SMILES string of the molecule is O=C(Cc1ccc(NC(=O)c2cc3ccccc3o2)cc1)NCCS(=O)(=O)c1ccccc1. The number of furan rings is 1. The van der Waals surface area contributed by atoms with Gasteiger partial charge in [0.1, 0.15) is 5.58 Å². The van der Waals surface area contributed by atoms with Crippen LogP contribution in [0.15, 0.2) is 94.2 Å². The van der Waals surface area contributed by atoms with Crippen molar-refractivity contribution >= 4 is 38.3 Å². The second-order valence-corrected chi connectivity index (χ2v) is 9.57. The molecule has 168 valence electrons. The van der Waals surface area contributed by atoms with Crippen LogP contribution < -0.4 is 10.6 Å². The Morgan fingerprint density at radius 1 is 0.848 bits per heavy atom. The van der Waals surface area contributed by atoms with E-state index >= 15 is 0 Å². The van der Waals surface area contributed by atoms with Gasteiger partial charge in [-0.05, 0) is 42.0 Å². The Balaban J connectivity index is 1.27. The number of fused-ring (bicyclic) bond motifs is 1. The molecule has 4 aromatic rings. The van der Waals surface area contributed by atoms with Crippen LogP contribution in [0.3, 0.4) is 0 Å². The van der Waals surface area contributed by atoms with Gasteiger partial charge in [0.2, 0.25) is 5.91 Å². The van der Waals surface area contributed by atoms with Gasteiger partial charge in [-0.25, -0.2) is 8.42 Å². The third kappa shape index (κ3) is 5.67. The monoisotopic (exact) mass is 462 g/mol. The average molecular weight is 463 g/mol. The van der Waals surface area contributed by atoms with E-state index in [0.29, 0.717) is 11.3 Å². The fourth-order valence-corrected chi connectivity index (χ4v) is 4.49. The summed E-state index contributed by atoms with van der Waals surface area (Å²) >= 11 is 0. The summed E-state index contributed by atoms with van der Waals surface area (Å²) in [7, 11) is -3.44. The molecule has 0 spiro atoms. The van der Waals surface area contributed by atoms with Crippen molar-refractivity contribution in [2.24, 2.45) is 0 Å². The largest absolute Gasteiger partial charge is 0.451 e. The molecule has 8 heteroatoms. The minimum absolute atomic E-state index is 0.0295. The Kier molecular flexibility index (Phi) is 6.55. The second-order valence-electron chi connectivity index (χ2n) is 7.46. The quantitative estimate of drug-likeness (QED) is 0.414. The van der Waals surface area contributed by atoms with Crippen molar-refractivity contribution in [1.29, 1.82) is 0 Å². The summed E-state index contributed by atoms with van der Waals surface area (Å²) in [5.41, 5.74) is 1.94. The predicted octanol–water partition coefficient (Wildman–Crippen LogP) is 3.82. The lowest BCUT2D eigenvalue weighted by atomic mass is 10.1. The molecule has 3 aromatic carbocycles. The van der Waals surface area contributed by atoms with Gasteiger partial charge in [-0.3, -0.25) is 9.59 Å². The number of hydrogen-bond donors (Lipinski definition) is 2. The Hall–Kier alpha value is -3.91. The zero-order valence-electron chi connectivity index (χ0n) is 17.7. The number of para-hydroxylation sites is 1. The number of anilines is 1. The topological polar surface area (TPSA) is 105 Å². The van der Waals surface area contributed by atoms with Gasteiger partial charge in [0.05, 0.1) is 17.1 Å². The molecule has 0 bridgehead atoms. The molecule has 0 aliphatic heterocycles. The number of sulfone groups is 1. The van der Waals surface area contributed by atoms with Crippen molar-refractivity contribution < 1.29 is 22.4 Å². The van der Waals surface area contributed by atoms with Gasteiger partial charge in [-0.2, -0.15) is 0 Å². The molecule has 0 unspecified atom stereocenters. The molecule has 0 aliphatic carbocycles. The zero-order valence-corrected chi connectivity index (χ0v) is 18.5. The first-order valence-electron chi connectivity index (χ1n) is 10.3. The predicted molar refractivity (Wildman–Crippen MR) is 126 cm³/mol. The molecule has 0 radical (unpaired) electrons. The van der Waals surface area contributed by atoms with Crippen molar-refractivity contribution in [3.8, 4) is 0 Å². The van der Waals surface area contributed by atoms with Crippen LogP contribution in [0.4, 0.5) is 5.69 Å². The van der Waals surface area contributed by atoms with Crippen LogP contribution in [-0.4, -0.2) is 32.5 Å². The number of benzene rings is 3. The first kappa shape index (κ1) is 22.3. The van der Waals surface area contributed by atoms with Crippen LogP contribution in [0.1, 0.15) is 16.1 Å². The lowest BCUT2D eigenvalue weighted by Crippen LogP contribution is -2.30. The van der Waals surface area contributed by atoms with Crippen LogP contribution in [0.5, 0.6) is 0 Å². The number of carbonyl (C=O) groups is 2. The number of carbonyl (C=O) groups excluding carboxylic acids is 2. The van der Waals surface area contributed by atoms with E-state index in [-0.39, 0.29) is 41.2 Å². The molecule has 4 rings (SSSR count). The molecule has 1 heterocycles. The molecule has 2 amide bonds. The summed E-state index contributed by atoms with van der Waals surface area (Å²) < 4.78 is 30.1. The van der Waals surface area contributed by atoms with E-state index in [9.17, 15) is 18.0 Å². The van der Waals surface area contributed by atoms with Crippen LogP contribution in [0, 0.1) is 0 Å². The highest BCUT2D eigenvalue weighted by Crippen LogP contribution is 2.20. The van der Waals surface area contributed by atoms with E-state index in [0.717, 1.165) is 10.9 Å². The number of amides is 2. The normalized spacial score (nSPS) is 11.3. The molecule has 0 aliphatic rings. The van der Waals surface area contributed by atoms with Crippen LogP contribution in [0.2, 0.25) is 0 Å². The fourth-order valence-electron chi connectivity index (χ4n) is 3.31. The molecular formula is C25H22N2O5S. The third-order valence-corrected chi connectivity index (χ3v) is 6.75. The molecule has 1 aromatic heterocycles. The van der Waals surface area contributed by atoms with E-state index in [2.05, 4.69) is 10.6 Å². The maximum absolute atomic E-state index is 12.4. The summed E-state index contributed by atoms with van der Waals surface area (Å²) in [6.45, 7) is 0.0295. The van der Waals surface area contributed by atoms with Gasteiger partial charge in [0, 0.05) is 17.6 Å². The highest BCUT2D eigenvalue weighted by molar-refractivity contribution is 7.91. The van der Waals surface area contributed by atoms with Crippen molar-refractivity contribution in [1.82, 2.24) is 5.32 Å². The van der Waals surface area contributed by atoms with E-state index in [1.54, 1.807) is 54.6 Å². The maximum Gasteiger partial charge on any atom is 0.291 e. The van der Waals surface area contributed by atoms with Crippen molar-refractivity contribution in [3.05, 3.63) is 96.3 Å². The summed E-state index contributed by atoms with van der Waals surface area (Å²) in [5, 5.41) is 6.25. The molecule has 2 N–H and O–H groups in total. The molecular weight excluding hydrogens is 440 g/mol. The number of hydrogen-bond acceptors (Lipinski definition) is 5. The highest BCUT2D eigenvalue weighted by atomic mass is 32.2. The second kappa shape index (κ2) is 9.70. The first-order valence-corrected chi connectivity index (χ1v) is 12.0. The van der Waals surface area contributed by atoms with Gasteiger partial charge in [0.25, 0.3) is 5.91 Å². The zero-order chi connectivity index (χ0) is 23.3. The van der Waals surface area contributed by atoms with E-state index in [1.165, 1.54) is 12.1 Å². The standard InChI is InChI=1S/C25H22N2O5S/c28-24(26-14-15-33(30,31)21-7-2-1-3-8-21)16-18-10-12-20(13-11-18)27-25(29)23-17-19-6-4-5-9-22(19)32-23/h1-13,17H,14-16H2,(H,26,28)(H,27,29). The average Bonchev–Trinajstić information content (AvgIpc) is 3.25. The molecule has 7 nitrogen and oxygen atoms in total. The van der Waals surface area contributed by atoms with Crippen molar-refractivity contribution in [3.63, 3.8) is 0 Å². The van der Waals surface area contributed by atoms with Crippen LogP contribution in [-0.2, 0) is 21.1 Å². The van der Waals surface area contributed by atoms with Crippen molar-refractivity contribution in [2.75, 3.05) is 17.6 Å². The van der Waals surface area contributed by atoms with Gasteiger partial charge in [0.15, 0.2) is 15.6 Å². The Labute approximate surface area is 191 Å².